The van der Waals surface area contributed by atoms with Gasteiger partial charge in [-0.15, -0.1) is 11.8 Å². The lowest BCUT2D eigenvalue weighted by molar-refractivity contribution is 0.0952. The van der Waals surface area contributed by atoms with E-state index in [1.54, 1.807) is 13.0 Å². The minimum Gasteiger partial charge on any atom is -0.468 e. The van der Waals surface area contributed by atoms with Gasteiger partial charge in [0.05, 0.1) is 23.7 Å². The number of carbonyl (C=O) groups is 1. The average Bonchev–Trinajstić information content (AvgIpc) is 2.72. The molecule has 1 heterocycles. The Bertz CT molecular complexity index is 352. The van der Waals surface area contributed by atoms with Crippen molar-refractivity contribution in [3.05, 3.63) is 23.7 Å². The average molecular weight is 244 g/mol. The summed E-state index contributed by atoms with van der Waals surface area (Å²) in [5.74, 6) is 5.78. The van der Waals surface area contributed by atoms with E-state index in [-0.39, 0.29) is 11.2 Å². The minimum atomic E-state index is -0.397. The summed E-state index contributed by atoms with van der Waals surface area (Å²) < 4.78 is 5.20. The van der Waals surface area contributed by atoms with Crippen molar-refractivity contribution in [1.82, 2.24) is 5.43 Å². The number of nitrogen functional groups attached to an aromatic ring is 1. The molecular weight excluding hydrogens is 228 g/mol. The van der Waals surface area contributed by atoms with Crippen LogP contribution in [0.25, 0.3) is 0 Å². The van der Waals surface area contributed by atoms with Gasteiger partial charge in [-0.2, -0.15) is 0 Å². The van der Waals surface area contributed by atoms with Gasteiger partial charge in [0.2, 0.25) is 0 Å². The molecule has 0 saturated heterocycles. The van der Waals surface area contributed by atoms with E-state index in [1.807, 2.05) is 6.92 Å². The number of rotatable bonds is 5. The molecule has 1 amide bonds. The first-order chi connectivity index (χ1) is 7.56. The maximum atomic E-state index is 11.3. The fraction of sp³-hybridized carbons (Fsp3) is 0.500. The molecule has 0 radical (unpaired) electrons. The van der Waals surface area contributed by atoms with Crippen molar-refractivity contribution in [2.75, 3.05) is 0 Å². The summed E-state index contributed by atoms with van der Waals surface area (Å²) in [6, 6.07) is 1.57. The maximum absolute atomic E-state index is 11.3. The van der Waals surface area contributed by atoms with Gasteiger partial charge >= 0.3 is 0 Å². The fourth-order valence-corrected chi connectivity index (χ4v) is 2.00. The Morgan fingerprint density at radius 1 is 1.69 bits per heavy atom. The zero-order valence-corrected chi connectivity index (χ0v) is 10.1. The second kappa shape index (κ2) is 5.93. The van der Waals surface area contributed by atoms with Crippen molar-refractivity contribution < 1.29 is 14.3 Å². The van der Waals surface area contributed by atoms with E-state index in [9.17, 15) is 9.90 Å². The molecule has 5 nitrogen and oxygen atoms in total. The van der Waals surface area contributed by atoms with Crippen LogP contribution in [0.1, 0.15) is 30.0 Å². The Balaban J connectivity index is 2.61. The van der Waals surface area contributed by atoms with E-state index in [0.717, 1.165) is 0 Å². The van der Waals surface area contributed by atoms with Crippen LogP contribution in [0.4, 0.5) is 0 Å². The minimum absolute atomic E-state index is 0.0823. The lowest BCUT2D eigenvalue weighted by Gasteiger charge is -2.13. The number of hydrazine groups is 1. The Morgan fingerprint density at radius 3 is 2.94 bits per heavy atom. The third kappa shape index (κ3) is 3.26. The van der Waals surface area contributed by atoms with Crippen molar-refractivity contribution in [3.63, 3.8) is 0 Å². The molecular formula is C10H16N2O3S. The fourth-order valence-electron chi connectivity index (χ4n) is 1.08. The van der Waals surface area contributed by atoms with Gasteiger partial charge < -0.3 is 9.52 Å². The molecule has 2 unspecified atom stereocenters. The lowest BCUT2D eigenvalue weighted by Crippen LogP contribution is -2.30. The third-order valence-electron chi connectivity index (χ3n) is 2.28. The summed E-state index contributed by atoms with van der Waals surface area (Å²) in [6.45, 7) is 3.65. The van der Waals surface area contributed by atoms with Crippen molar-refractivity contribution in [2.45, 2.75) is 31.0 Å². The molecule has 0 aromatic carbocycles. The van der Waals surface area contributed by atoms with Crippen LogP contribution in [0, 0.1) is 0 Å². The van der Waals surface area contributed by atoms with Crippen molar-refractivity contribution in [2.24, 2.45) is 5.84 Å². The third-order valence-corrected chi connectivity index (χ3v) is 3.63. The molecule has 16 heavy (non-hydrogen) atoms. The number of nitrogens with one attached hydrogen (secondary N) is 1. The number of hydrogen-bond donors (Lipinski definition) is 3. The molecule has 0 spiro atoms. The Hall–Kier alpha value is -0.980. The smallest absolute Gasteiger partial charge is 0.268 e. The highest BCUT2D eigenvalue weighted by molar-refractivity contribution is 7.99. The molecule has 0 fully saturated rings. The van der Waals surface area contributed by atoms with E-state index in [4.69, 9.17) is 10.3 Å². The quantitative estimate of drug-likeness (QED) is 0.406. The zero-order chi connectivity index (χ0) is 12.1. The Kier molecular flexibility index (Phi) is 4.85. The van der Waals surface area contributed by atoms with E-state index in [2.05, 4.69) is 5.43 Å². The maximum Gasteiger partial charge on any atom is 0.268 e. The van der Waals surface area contributed by atoms with E-state index >= 15 is 0 Å². The first-order valence-electron chi connectivity index (χ1n) is 4.93. The first kappa shape index (κ1) is 13.1. The Labute approximate surface area is 98.4 Å². The molecule has 2 atom stereocenters. The summed E-state index contributed by atoms with van der Waals surface area (Å²) in [6.07, 6.45) is 1.06. The highest BCUT2D eigenvalue weighted by Crippen LogP contribution is 2.22. The molecule has 0 bridgehead atoms. The molecule has 0 aliphatic carbocycles. The van der Waals surface area contributed by atoms with E-state index < -0.39 is 6.10 Å². The normalized spacial score (nSPS) is 14.5. The molecule has 0 saturated carbocycles. The molecule has 1 rings (SSSR count). The van der Waals surface area contributed by atoms with Gasteiger partial charge in [-0.3, -0.25) is 10.2 Å². The largest absolute Gasteiger partial charge is 0.468 e. The van der Waals surface area contributed by atoms with Crippen LogP contribution >= 0.6 is 11.8 Å². The summed E-state index contributed by atoms with van der Waals surface area (Å²) in [5.41, 5.74) is 2.50. The van der Waals surface area contributed by atoms with Gasteiger partial charge in [0.1, 0.15) is 5.76 Å². The second-order valence-corrected chi connectivity index (χ2v) is 4.85. The van der Waals surface area contributed by atoms with Crippen molar-refractivity contribution >= 4 is 17.7 Å². The summed E-state index contributed by atoms with van der Waals surface area (Å²) in [4.78, 5) is 11.3. The van der Waals surface area contributed by atoms with Crippen molar-refractivity contribution in [1.29, 1.82) is 0 Å². The summed E-state index contributed by atoms with van der Waals surface area (Å²) in [7, 11) is 0. The van der Waals surface area contributed by atoms with Gasteiger partial charge in [-0.25, -0.2) is 5.84 Å². The number of hydrogen-bond acceptors (Lipinski definition) is 5. The topological polar surface area (TPSA) is 88.5 Å². The number of aliphatic hydroxyl groups excluding tert-OH is 1. The van der Waals surface area contributed by atoms with Crippen molar-refractivity contribution in [3.8, 4) is 0 Å². The van der Waals surface area contributed by atoms with Crippen LogP contribution in [0.3, 0.4) is 0 Å². The van der Waals surface area contributed by atoms with Gasteiger partial charge in [-0.05, 0) is 13.0 Å². The zero-order valence-electron chi connectivity index (χ0n) is 9.27. The number of carbonyl (C=O) groups excluding carboxylic acids is 1. The Morgan fingerprint density at radius 2 is 2.38 bits per heavy atom. The lowest BCUT2D eigenvalue weighted by atomic mass is 10.2. The predicted molar refractivity (Wildman–Crippen MR) is 62.8 cm³/mol. The van der Waals surface area contributed by atoms with Crippen LogP contribution in [-0.4, -0.2) is 22.4 Å². The molecule has 4 N–H and O–H groups in total. The van der Waals surface area contributed by atoms with E-state index in [1.165, 1.54) is 18.0 Å². The SMILES string of the molecule is CC(O)C(C)SCc1occc1C(=O)NN. The number of nitrogens with two attached hydrogens (primary N) is 1. The second-order valence-electron chi connectivity index (χ2n) is 3.49. The highest BCUT2D eigenvalue weighted by atomic mass is 32.2. The van der Waals surface area contributed by atoms with Crippen LogP contribution in [0.15, 0.2) is 16.7 Å². The van der Waals surface area contributed by atoms with Gasteiger partial charge in [0, 0.05) is 5.25 Å². The molecule has 1 aromatic heterocycles. The van der Waals surface area contributed by atoms with Crippen LogP contribution < -0.4 is 11.3 Å². The van der Waals surface area contributed by atoms with Crippen LogP contribution in [0.5, 0.6) is 0 Å². The number of aliphatic hydroxyl groups is 1. The summed E-state index contributed by atoms with van der Waals surface area (Å²) in [5, 5.41) is 9.41. The van der Waals surface area contributed by atoms with Gasteiger partial charge in [-0.1, -0.05) is 6.92 Å². The molecule has 0 aliphatic heterocycles. The molecule has 1 aromatic rings. The molecule has 6 heteroatoms. The highest BCUT2D eigenvalue weighted by Gasteiger charge is 2.16. The monoisotopic (exact) mass is 244 g/mol. The standard InChI is InChI=1S/C10H16N2O3S/c1-6(13)7(2)16-5-9-8(3-4-15-9)10(14)12-11/h3-4,6-7,13H,5,11H2,1-2H3,(H,12,14). The molecule has 90 valence electrons. The van der Waals surface area contributed by atoms with Gasteiger partial charge in [0.25, 0.3) is 5.91 Å². The van der Waals surface area contributed by atoms with Crippen LogP contribution in [0.2, 0.25) is 0 Å². The number of thioether (sulfide) groups is 1. The summed E-state index contributed by atoms with van der Waals surface area (Å²) >= 11 is 1.52. The number of amides is 1. The van der Waals surface area contributed by atoms with E-state index in [0.29, 0.717) is 17.1 Å². The molecule has 0 aliphatic rings. The number of furan rings is 1. The predicted octanol–water partition coefficient (Wildman–Crippen LogP) is 0.886. The first-order valence-corrected chi connectivity index (χ1v) is 5.98. The van der Waals surface area contributed by atoms with Crippen LogP contribution in [-0.2, 0) is 5.75 Å². The van der Waals surface area contributed by atoms with Gasteiger partial charge in [0.15, 0.2) is 0 Å².